The lowest BCUT2D eigenvalue weighted by Crippen LogP contribution is -1.83. The molecule has 0 bridgehead atoms. The zero-order chi connectivity index (χ0) is 13.9. The second-order valence-corrected chi connectivity index (χ2v) is 7.04. The number of nitrogens with two attached hydrogens (primary N) is 1. The number of nitrogen functional groups attached to an aromatic ring is 1. The molecule has 0 aliphatic rings. The van der Waals surface area contributed by atoms with E-state index < -0.39 is 0 Å². The third-order valence-electron chi connectivity index (χ3n) is 2.49. The number of rotatable bonds is 4. The molecular weight excluding hydrogens is 358 g/mol. The third kappa shape index (κ3) is 3.23. The van der Waals surface area contributed by atoms with Crippen LogP contribution in [0.5, 0.6) is 0 Å². The summed E-state index contributed by atoms with van der Waals surface area (Å²) in [5.41, 5.74) is 5.69. The number of hydrogen-bond acceptors (Lipinski definition) is 6. The maximum Gasteiger partial charge on any atom is 0.268 e. The quantitative estimate of drug-likeness (QED) is 0.690. The summed E-state index contributed by atoms with van der Waals surface area (Å²) in [6, 6.07) is 11.8. The molecule has 2 heterocycles. The molecule has 0 fully saturated rings. The van der Waals surface area contributed by atoms with Crippen LogP contribution in [0.25, 0.3) is 10.8 Å². The van der Waals surface area contributed by atoms with Gasteiger partial charge in [-0.3, -0.25) is 0 Å². The smallest absolute Gasteiger partial charge is 0.268 e. The molecule has 3 aromatic rings. The van der Waals surface area contributed by atoms with E-state index in [0.29, 0.717) is 17.5 Å². The van der Waals surface area contributed by atoms with Gasteiger partial charge in [0, 0.05) is 9.37 Å². The Labute approximate surface area is 132 Å². The molecule has 2 N–H and O–H groups in total. The van der Waals surface area contributed by atoms with Crippen molar-refractivity contribution >= 4 is 44.0 Å². The van der Waals surface area contributed by atoms with E-state index in [1.165, 1.54) is 16.2 Å². The van der Waals surface area contributed by atoms with Crippen LogP contribution >= 0.6 is 39.0 Å². The molecular formula is C13H10BrN3OS2. The minimum Gasteiger partial charge on any atom is -0.391 e. The van der Waals surface area contributed by atoms with Crippen molar-refractivity contribution < 1.29 is 4.52 Å². The lowest BCUT2D eigenvalue weighted by molar-refractivity contribution is 0.426. The average Bonchev–Trinajstić information content (AvgIpc) is 3.07. The number of thioether (sulfide) groups is 1. The summed E-state index contributed by atoms with van der Waals surface area (Å²) in [7, 11) is 0. The van der Waals surface area contributed by atoms with Crippen LogP contribution in [-0.2, 0) is 5.75 Å². The third-order valence-corrected chi connectivity index (χ3v) is 4.93. The van der Waals surface area contributed by atoms with Crippen molar-refractivity contribution in [2.24, 2.45) is 0 Å². The highest BCUT2D eigenvalue weighted by atomic mass is 79.9. The molecule has 0 saturated heterocycles. The number of aromatic nitrogens is 2. The first-order chi connectivity index (χ1) is 9.70. The summed E-state index contributed by atoms with van der Waals surface area (Å²) < 4.78 is 6.31. The number of hydrogen-bond donors (Lipinski definition) is 1. The van der Waals surface area contributed by atoms with Crippen molar-refractivity contribution in [2.75, 3.05) is 5.73 Å². The minimum atomic E-state index is 0.526. The molecule has 0 spiro atoms. The predicted octanol–water partition coefficient (Wildman–Crippen LogP) is 4.44. The fourth-order valence-corrected chi connectivity index (χ4v) is 3.26. The van der Waals surface area contributed by atoms with Gasteiger partial charge in [-0.2, -0.15) is 4.98 Å². The first-order valence-electron chi connectivity index (χ1n) is 5.77. The number of anilines is 1. The molecule has 0 saturated carbocycles. The molecule has 0 atom stereocenters. The van der Waals surface area contributed by atoms with E-state index in [0.717, 1.165) is 14.4 Å². The lowest BCUT2D eigenvalue weighted by atomic mass is 10.4. The van der Waals surface area contributed by atoms with Crippen LogP contribution in [0.15, 0.2) is 50.3 Å². The highest BCUT2D eigenvalue weighted by Gasteiger charge is 2.11. The summed E-state index contributed by atoms with van der Waals surface area (Å²) in [4.78, 5) is 6.44. The zero-order valence-corrected chi connectivity index (χ0v) is 13.5. The fraction of sp³-hybridized carbons (Fsp3) is 0.0769. The maximum atomic E-state index is 5.69. The van der Waals surface area contributed by atoms with E-state index in [1.54, 1.807) is 11.8 Å². The Balaban J connectivity index is 1.67. The molecule has 102 valence electrons. The van der Waals surface area contributed by atoms with Crippen molar-refractivity contribution in [1.29, 1.82) is 0 Å². The van der Waals surface area contributed by atoms with Crippen molar-refractivity contribution in [3.05, 3.63) is 46.7 Å². The van der Waals surface area contributed by atoms with E-state index >= 15 is 0 Å². The monoisotopic (exact) mass is 367 g/mol. The number of halogens is 1. The van der Waals surface area contributed by atoms with E-state index in [4.69, 9.17) is 10.3 Å². The molecule has 20 heavy (non-hydrogen) atoms. The summed E-state index contributed by atoms with van der Waals surface area (Å²) in [6.07, 6.45) is 0. The van der Waals surface area contributed by atoms with Gasteiger partial charge < -0.3 is 10.3 Å². The Bertz CT molecular complexity index is 708. The van der Waals surface area contributed by atoms with Crippen molar-refractivity contribution in [2.45, 2.75) is 10.6 Å². The summed E-state index contributed by atoms with van der Waals surface area (Å²) >= 11 is 6.52. The van der Waals surface area contributed by atoms with Crippen molar-refractivity contribution in [1.82, 2.24) is 10.1 Å². The Morgan fingerprint density at radius 3 is 2.70 bits per heavy atom. The van der Waals surface area contributed by atoms with Crippen LogP contribution in [0.2, 0.25) is 0 Å². The van der Waals surface area contributed by atoms with Crippen LogP contribution in [0.3, 0.4) is 0 Å². The SMILES string of the molecule is Nc1ccc(-c2nc(CSc3ccc(Br)cc3)no2)s1. The summed E-state index contributed by atoms with van der Waals surface area (Å²) in [5.74, 6) is 1.88. The molecule has 3 rings (SSSR count). The molecule has 0 unspecified atom stereocenters. The standard InChI is InChI=1S/C13H10BrN3OS2/c14-8-1-3-9(4-2-8)19-7-12-16-13(18-17-12)10-5-6-11(15)20-10/h1-6H,7,15H2. The largest absolute Gasteiger partial charge is 0.391 e. The molecule has 0 aliphatic carbocycles. The van der Waals surface area contributed by atoms with Gasteiger partial charge in [0.1, 0.15) is 0 Å². The van der Waals surface area contributed by atoms with Crippen molar-refractivity contribution in [3.8, 4) is 10.8 Å². The summed E-state index contributed by atoms with van der Waals surface area (Å²) in [5, 5.41) is 4.72. The minimum absolute atomic E-state index is 0.526. The molecule has 1 aromatic carbocycles. The highest BCUT2D eigenvalue weighted by molar-refractivity contribution is 9.10. The Morgan fingerprint density at radius 1 is 1.20 bits per heavy atom. The van der Waals surface area contributed by atoms with E-state index in [-0.39, 0.29) is 0 Å². The first kappa shape index (κ1) is 13.7. The second kappa shape index (κ2) is 5.99. The molecule has 0 radical (unpaired) electrons. The summed E-state index contributed by atoms with van der Waals surface area (Å²) in [6.45, 7) is 0. The number of benzene rings is 1. The zero-order valence-electron chi connectivity index (χ0n) is 10.2. The van der Waals surface area contributed by atoms with Crippen LogP contribution < -0.4 is 5.73 Å². The highest BCUT2D eigenvalue weighted by Crippen LogP contribution is 2.29. The van der Waals surface area contributed by atoms with Gasteiger partial charge >= 0.3 is 0 Å². The van der Waals surface area contributed by atoms with Gasteiger partial charge in [0.15, 0.2) is 5.82 Å². The fourth-order valence-electron chi connectivity index (χ4n) is 1.56. The molecule has 0 aliphatic heterocycles. The van der Waals surface area contributed by atoms with Crippen LogP contribution in [0.1, 0.15) is 5.82 Å². The van der Waals surface area contributed by atoms with Crippen LogP contribution in [0, 0.1) is 0 Å². The number of nitrogens with zero attached hydrogens (tertiary/aromatic N) is 2. The normalized spacial score (nSPS) is 10.8. The van der Waals surface area contributed by atoms with Gasteiger partial charge in [-0.05, 0) is 36.4 Å². The molecule has 7 heteroatoms. The molecule has 0 amide bonds. The first-order valence-corrected chi connectivity index (χ1v) is 8.37. The lowest BCUT2D eigenvalue weighted by Gasteiger charge is -1.97. The van der Waals surface area contributed by atoms with Crippen molar-refractivity contribution in [3.63, 3.8) is 0 Å². The Morgan fingerprint density at radius 2 is 2.00 bits per heavy atom. The number of thiophene rings is 1. The Hall–Kier alpha value is -1.31. The van der Waals surface area contributed by atoms with E-state index in [1.807, 2.05) is 24.3 Å². The average molecular weight is 368 g/mol. The second-order valence-electron chi connectivity index (χ2n) is 3.96. The van der Waals surface area contributed by atoms with Crippen LogP contribution in [-0.4, -0.2) is 10.1 Å². The molecule has 4 nitrogen and oxygen atoms in total. The van der Waals surface area contributed by atoms with Gasteiger partial charge in [0.05, 0.1) is 15.6 Å². The topological polar surface area (TPSA) is 64.9 Å². The van der Waals surface area contributed by atoms with Gasteiger partial charge in [-0.25, -0.2) is 0 Å². The molecule has 2 aromatic heterocycles. The van der Waals surface area contributed by atoms with Gasteiger partial charge in [0.2, 0.25) is 0 Å². The van der Waals surface area contributed by atoms with Gasteiger partial charge in [-0.1, -0.05) is 21.1 Å². The van der Waals surface area contributed by atoms with E-state index in [2.05, 4.69) is 38.2 Å². The predicted molar refractivity (Wildman–Crippen MR) is 85.7 cm³/mol. The maximum absolute atomic E-state index is 5.69. The van der Waals surface area contributed by atoms with E-state index in [9.17, 15) is 0 Å². The van der Waals surface area contributed by atoms with Gasteiger partial charge in [0.25, 0.3) is 5.89 Å². The van der Waals surface area contributed by atoms with Crippen LogP contribution in [0.4, 0.5) is 5.00 Å². The van der Waals surface area contributed by atoms with Gasteiger partial charge in [-0.15, -0.1) is 23.1 Å². The Kier molecular flexibility index (Phi) is 4.09.